The lowest BCUT2D eigenvalue weighted by Gasteiger charge is -2.53. The summed E-state index contributed by atoms with van der Waals surface area (Å²) < 4.78 is 0. The van der Waals surface area contributed by atoms with Crippen LogP contribution in [-0.2, 0) is 9.59 Å². The zero-order valence-corrected chi connectivity index (χ0v) is 11.0. The Morgan fingerprint density at radius 2 is 2.00 bits per heavy atom. The Morgan fingerprint density at radius 1 is 1.29 bits per heavy atom. The molecule has 0 aromatic heterocycles. The maximum atomic E-state index is 12.6. The highest BCUT2D eigenvalue weighted by atomic mass is 16.2. The van der Waals surface area contributed by atoms with Crippen molar-refractivity contribution in [2.24, 2.45) is 22.7 Å². The Hall–Kier alpha value is -0.860. The summed E-state index contributed by atoms with van der Waals surface area (Å²) >= 11 is 0. The lowest BCUT2D eigenvalue weighted by Crippen LogP contribution is -2.60. The number of ketones is 1. The van der Waals surface area contributed by atoms with Crippen molar-refractivity contribution in [1.82, 2.24) is 4.90 Å². The maximum Gasteiger partial charge on any atom is 0.236 e. The van der Waals surface area contributed by atoms with Crippen LogP contribution in [0.3, 0.4) is 0 Å². The minimum absolute atomic E-state index is 0.0222. The van der Waals surface area contributed by atoms with Crippen molar-refractivity contribution in [3.63, 3.8) is 0 Å². The largest absolute Gasteiger partial charge is 0.345 e. The topological polar surface area (TPSA) is 37.4 Å². The lowest BCUT2D eigenvalue weighted by molar-refractivity contribution is -0.166. The standard InChI is InChI=1S/C14H21NO2/c1-13(2)8-11(16)14-9(7-10(13)14)5-4-6-15(3)12(14)17/h9-10H,4-8H2,1-3H3/t9-,10+,14-/m0/s1. The number of likely N-dealkylation sites (tertiary alicyclic amines) is 1. The quantitative estimate of drug-likeness (QED) is 0.601. The van der Waals surface area contributed by atoms with Crippen molar-refractivity contribution in [1.29, 1.82) is 0 Å². The summed E-state index contributed by atoms with van der Waals surface area (Å²) in [5.41, 5.74) is -0.594. The molecule has 3 aliphatic rings. The van der Waals surface area contributed by atoms with Gasteiger partial charge in [0.25, 0.3) is 0 Å². The van der Waals surface area contributed by atoms with E-state index in [2.05, 4.69) is 13.8 Å². The Labute approximate surface area is 103 Å². The van der Waals surface area contributed by atoms with Crippen LogP contribution in [0, 0.1) is 22.7 Å². The van der Waals surface area contributed by atoms with Crippen molar-refractivity contribution < 1.29 is 9.59 Å². The van der Waals surface area contributed by atoms with Gasteiger partial charge in [0.2, 0.25) is 5.91 Å². The van der Waals surface area contributed by atoms with E-state index in [0.29, 0.717) is 18.3 Å². The van der Waals surface area contributed by atoms with Crippen molar-refractivity contribution in [3.8, 4) is 0 Å². The van der Waals surface area contributed by atoms with Crippen LogP contribution in [0.1, 0.15) is 39.5 Å². The number of hydrogen-bond donors (Lipinski definition) is 0. The molecule has 94 valence electrons. The summed E-state index contributed by atoms with van der Waals surface area (Å²) in [7, 11) is 1.85. The lowest BCUT2D eigenvalue weighted by atomic mass is 9.49. The number of hydrogen-bond acceptors (Lipinski definition) is 2. The van der Waals surface area contributed by atoms with E-state index >= 15 is 0 Å². The zero-order valence-electron chi connectivity index (χ0n) is 11.0. The smallest absolute Gasteiger partial charge is 0.236 e. The molecular formula is C14H21NO2. The highest BCUT2D eigenvalue weighted by Gasteiger charge is 2.72. The van der Waals surface area contributed by atoms with Crippen molar-refractivity contribution >= 4 is 11.7 Å². The normalized spacial score (nSPS) is 43.8. The monoisotopic (exact) mass is 235 g/mol. The van der Waals surface area contributed by atoms with Crippen LogP contribution in [-0.4, -0.2) is 30.2 Å². The molecule has 2 aliphatic carbocycles. The minimum Gasteiger partial charge on any atom is -0.345 e. The highest BCUT2D eigenvalue weighted by molar-refractivity contribution is 6.10. The fraction of sp³-hybridized carbons (Fsp3) is 0.857. The predicted molar refractivity (Wildman–Crippen MR) is 64.3 cm³/mol. The summed E-state index contributed by atoms with van der Waals surface area (Å²) in [4.78, 5) is 26.9. The Bertz CT molecular complexity index is 401. The molecule has 0 unspecified atom stereocenters. The van der Waals surface area contributed by atoms with E-state index in [1.807, 2.05) is 7.05 Å². The minimum atomic E-state index is -0.616. The molecule has 2 saturated carbocycles. The number of nitrogens with zero attached hydrogens (tertiary/aromatic N) is 1. The second-order valence-electron chi connectivity index (χ2n) is 6.81. The van der Waals surface area contributed by atoms with E-state index in [-0.39, 0.29) is 17.1 Å². The summed E-state index contributed by atoms with van der Waals surface area (Å²) in [5.74, 6) is 0.967. The van der Waals surface area contributed by atoms with Gasteiger partial charge in [-0.3, -0.25) is 9.59 Å². The number of Topliss-reactive ketones (excluding diaryl/α,β-unsaturated/α-hetero) is 1. The molecule has 1 amide bonds. The van der Waals surface area contributed by atoms with Gasteiger partial charge in [-0.1, -0.05) is 13.8 Å². The average molecular weight is 235 g/mol. The molecular weight excluding hydrogens is 214 g/mol. The van der Waals surface area contributed by atoms with Gasteiger partial charge in [0, 0.05) is 20.0 Å². The summed E-state index contributed by atoms with van der Waals surface area (Å²) in [6.45, 7) is 5.12. The van der Waals surface area contributed by atoms with Gasteiger partial charge in [-0.25, -0.2) is 0 Å². The molecule has 3 nitrogen and oxygen atoms in total. The molecule has 0 radical (unpaired) electrons. The van der Waals surface area contributed by atoms with E-state index in [0.717, 1.165) is 25.8 Å². The van der Waals surface area contributed by atoms with Gasteiger partial charge in [0.1, 0.15) is 11.2 Å². The summed E-state index contributed by atoms with van der Waals surface area (Å²) in [6, 6.07) is 0. The highest BCUT2D eigenvalue weighted by Crippen LogP contribution is 2.68. The first-order chi connectivity index (χ1) is 7.90. The van der Waals surface area contributed by atoms with Crippen LogP contribution in [0.25, 0.3) is 0 Å². The second kappa shape index (κ2) is 3.12. The maximum absolute atomic E-state index is 12.6. The van der Waals surface area contributed by atoms with Crippen LogP contribution in [0.4, 0.5) is 0 Å². The molecule has 0 aromatic carbocycles. The van der Waals surface area contributed by atoms with Crippen LogP contribution in [0.15, 0.2) is 0 Å². The van der Waals surface area contributed by atoms with Gasteiger partial charge >= 0.3 is 0 Å². The van der Waals surface area contributed by atoms with E-state index < -0.39 is 5.41 Å². The first kappa shape index (κ1) is 11.2. The van der Waals surface area contributed by atoms with E-state index in [4.69, 9.17) is 0 Å². The molecule has 1 heterocycles. The SMILES string of the molecule is CN1CCC[C@H]2C[C@@H]3C(C)(C)CC(=O)[C@]23C1=O. The Morgan fingerprint density at radius 3 is 2.65 bits per heavy atom. The van der Waals surface area contributed by atoms with Gasteiger partial charge in [-0.05, 0) is 36.5 Å². The van der Waals surface area contributed by atoms with Gasteiger partial charge in [-0.2, -0.15) is 0 Å². The van der Waals surface area contributed by atoms with Crippen LogP contribution in [0.2, 0.25) is 0 Å². The Balaban J connectivity index is 2.08. The average Bonchev–Trinajstić information content (AvgIpc) is 2.28. The molecule has 3 atom stereocenters. The molecule has 3 fully saturated rings. The van der Waals surface area contributed by atoms with E-state index in [9.17, 15) is 9.59 Å². The van der Waals surface area contributed by atoms with Gasteiger partial charge in [0.05, 0.1) is 0 Å². The predicted octanol–water partition coefficient (Wildman–Crippen LogP) is 1.86. The van der Waals surface area contributed by atoms with Gasteiger partial charge < -0.3 is 4.90 Å². The van der Waals surface area contributed by atoms with Crippen molar-refractivity contribution in [3.05, 3.63) is 0 Å². The molecule has 0 bridgehead atoms. The summed E-state index contributed by atoms with van der Waals surface area (Å²) in [5, 5.41) is 0. The van der Waals surface area contributed by atoms with Crippen LogP contribution in [0.5, 0.6) is 0 Å². The zero-order chi connectivity index (χ0) is 12.4. The van der Waals surface area contributed by atoms with Crippen molar-refractivity contribution in [2.45, 2.75) is 39.5 Å². The first-order valence-electron chi connectivity index (χ1n) is 6.69. The van der Waals surface area contributed by atoms with E-state index in [1.165, 1.54) is 0 Å². The van der Waals surface area contributed by atoms with Gasteiger partial charge in [-0.15, -0.1) is 0 Å². The number of amides is 1. The molecule has 17 heavy (non-hydrogen) atoms. The van der Waals surface area contributed by atoms with Crippen LogP contribution >= 0.6 is 0 Å². The van der Waals surface area contributed by atoms with Crippen molar-refractivity contribution in [2.75, 3.05) is 13.6 Å². The van der Waals surface area contributed by atoms with Crippen LogP contribution < -0.4 is 0 Å². The fourth-order valence-electron chi connectivity index (χ4n) is 4.60. The molecule has 3 heteroatoms. The Kier molecular flexibility index (Phi) is 2.06. The first-order valence-corrected chi connectivity index (χ1v) is 6.69. The summed E-state index contributed by atoms with van der Waals surface area (Å²) in [6.07, 6.45) is 3.77. The third-order valence-corrected chi connectivity index (χ3v) is 5.48. The molecule has 1 aliphatic heterocycles. The fourth-order valence-corrected chi connectivity index (χ4v) is 4.60. The number of carbonyl (C=O) groups is 2. The molecule has 0 aromatic rings. The third-order valence-electron chi connectivity index (χ3n) is 5.48. The second-order valence-corrected chi connectivity index (χ2v) is 6.81. The molecule has 3 rings (SSSR count). The third kappa shape index (κ3) is 1.13. The molecule has 1 spiro atoms. The van der Waals surface area contributed by atoms with E-state index in [1.54, 1.807) is 4.90 Å². The number of carbonyl (C=O) groups excluding carboxylic acids is 2. The number of rotatable bonds is 0. The van der Waals surface area contributed by atoms with Gasteiger partial charge in [0.15, 0.2) is 0 Å². The molecule has 1 saturated heterocycles. The molecule has 0 N–H and O–H groups in total.